The fourth-order valence-corrected chi connectivity index (χ4v) is 2.68. The van der Waals surface area contributed by atoms with Gasteiger partial charge in [-0.05, 0) is 30.7 Å². The van der Waals surface area contributed by atoms with Crippen LogP contribution in [0.1, 0.15) is 35.8 Å². The number of nitrogen functional groups attached to an aromatic ring is 1. The van der Waals surface area contributed by atoms with E-state index in [1.165, 1.54) is 0 Å². The van der Waals surface area contributed by atoms with Crippen LogP contribution >= 0.6 is 0 Å². The van der Waals surface area contributed by atoms with Gasteiger partial charge in [0.25, 0.3) is 0 Å². The van der Waals surface area contributed by atoms with Crippen LogP contribution in [0.3, 0.4) is 0 Å². The zero-order chi connectivity index (χ0) is 15.2. The summed E-state index contributed by atoms with van der Waals surface area (Å²) in [6.07, 6.45) is 1.62. The third-order valence-electron chi connectivity index (χ3n) is 3.66. The minimum atomic E-state index is -0.114. The lowest BCUT2D eigenvalue weighted by molar-refractivity contribution is 0.0680. The second-order valence-electron chi connectivity index (χ2n) is 5.03. The number of hydrogen-bond acceptors (Lipinski definition) is 4. The first-order chi connectivity index (χ1) is 10.2. The molecule has 0 saturated heterocycles. The molecule has 0 fully saturated rings. The number of nitrogens with zero attached hydrogens (tertiary/aromatic N) is 1. The number of likely N-dealkylation sites (N-methyl/N-ethyl adjacent to an activating group) is 1. The highest BCUT2D eigenvalue weighted by molar-refractivity contribution is 5.47. The SMILES string of the molecule is CCNC(c1c(C)ccnc1N)C(OC)c1ccccc1. The molecule has 2 unspecified atom stereocenters. The van der Waals surface area contributed by atoms with Gasteiger partial charge < -0.3 is 15.8 Å². The van der Waals surface area contributed by atoms with Gasteiger partial charge in [-0.1, -0.05) is 37.3 Å². The fourth-order valence-electron chi connectivity index (χ4n) is 2.68. The van der Waals surface area contributed by atoms with Crippen LogP contribution in [-0.2, 0) is 4.74 Å². The lowest BCUT2D eigenvalue weighted by Gasteiger charge is -2.29. The van der Waals surface area contributed by atoms with E-state index in [4.69, 9.17) is 10.5 Å². The number of anilines is 1. The van der Waals surface area contributed by atoms with Gasteiger partial charge in [0, 0.05) is 18.9 Å². The highest BCUT2D eigenvalue weighted by atomic mass is 16.5. The molecule has 0 saturated carbocycles. The Hall–Kier alpha value is -1.91. The zero-order valence-electron chi connectivity index (χ0n) is 12.8. The highest BCUT2D eigenvalue weighted by Gasteiger charge is 2.27. The van der Waals surface area contributed by atoms with Gasteiger partial charge in [0.2, 0.25) is 0 Å². The van der Waals surface area contributed by atoms with Gasteiger partial charge in [0.05, 0.1) is 6.04 Å². The molecule has 4 heteroatoms. The molecule has 21 heavy (non-hydrogen) atoms. The minimum Gasteiger partial charge on any atom is -0.383 e. The van der Waals surface area contributed by atoms with Crippen molar-refractivity contribution in [2.45, 2.75) is 26.0 Å². The van der Waals surface area contributed by atoms with Gasteiger partial charge in [-0.25, -0.2) is 4.98 Å². The molecule has 4 nitrogen and oxygen atoms in total. The number of benzene rings is 1. The zero-order valence-corrected chi connectivity index (χ0v) is 12.8. The van der Waals surface area contributed by atoms with Crippen molar-refractivity contribution < 1.29 is 4.74 Å². The number of nitrogens with one attached hydrogen (secondary N) is 1. The number of nitrogens with two attached hydrogens (primary N) is 1. The van der Waals surface area contributed by atoms with E-state index in [1.54, 1.807) is 13.3 Å². The summed E-state index contributed by atoms with van der Waals surface area (Å²) in [5.41, 5.74) is 9.36. The molecule has 0 amide bonds. The van der Waals surface area contributed by atoms with Crippen LogP contribution < -0.4 is 11.1 Å². The Bertz CT molecular complexity index is 551. The van der Waals surface area contributed by atoms with Gasteiger partial charge in [-0.3, -0.25) is 0 Å². The first-order valence-corrected chi connectivity index (χ1v) is 7.21. The molecule has 0 aliphatic rings. The molecule has 0 bridgehead atoms. The van der Waals surface area contributed by atoms with E-state index >= 15 is 0 Å². The fraction of sp³-hybridized carbons (Fsp3) is 0.353. The average molecular weight is 285 g/mol. The summed E-state index contributed by atoms with van der Waals surface area (Å²) in [6, 6.07) is 12.1. The molecule has 2 atom stereocenters. The summed E-state index contributed by atoms with van der Waals surface area (Å²) in [7, 11) is 1.73. The van der Waals surface area contributed by atoms with E-state index < -0.39 is 0 Å². The molecule has 0 radical (unpaired) electrons. The second-order valence-corrected chi connectivity index (χ2v) is 5.03. The van der Waals surface area contributed by atoms with Crippen LogP contribution in [0.15, 0.2) is 42.6 Å². The summed E-state index contributed by atoms with van der Waals surface area (Å²) < 4.78 is 5.77. The standard InChI is InChI=1S/C17H23N3O/c1-4-19-15(14-12(2)10-11-20-17(14)18)16(21-3)13-8-6-5-7-9-13/h5-11,15-16,19H,4H2,1-3H3,(H2,18,20). The van der Waals surface area contributed by atoms with Crippen LogP contribution in [0.4, 0.5) is 5.82 Å². The largest absolute Gasteiger partial charge is 0.383 e. The molecule has 112 valence electrons. The Kier molecular flexibility index (Phi) is 5.31. The predicted molar refractivity (Wildman–Crippen MR) is 86.0 cm³/mol. The predicted octanol–water partition coefficient (Wildman–Crippen LogP) is 3.01. The van der Waals surface area contributed by atoms with Crippen LogP contribution in [0.25, 0.3) is 0 Å². The number of ether oxygens (including phenoxy) is 1. The van der Waals surface area contributed by atoms with Crippen molar-refractivity contribution in [1.82, 2.24) is 10.3 Å². The summed E-state index contributed by atoms with van der Waals surface area (Å²) in [6.45, 7) is 4.95. The maximum atomic E-state index is 6.12. The van der Waals surface area contributed by atoms with Crippen molar-refractivity contribution in [3.63, 3.8) is 0 Å². The van der Waals surface area contributed by atoms with Gasteiger partial charge in [-0.15, -0.1) is 0 Å². The molecule has 1 heterocycles. The van der Waals surface area contributed by atoms with Crippen LogP contribution in [-0.4, -0.2) is 18.6 Å². The molecule has 1 aromatic heterocycles. The summed E-state index contributed by atoms with van der Waals surface area (Å²) in [5, 5.41) is 3.49. The van der Waals surface area contributed by atoms with E-state index in [0.29, 0.717) is 5.82 Å². The Balaban J connectivity index is 2.46. The van der Waals surface area contributed by atoms with Crippen LogP contribution in [0.5, 0.6) is 0 Å². The maximum Gasteiger partial charge on any atom is 0.128 e. The third-order valence-corrected chi connectivity index (χ3v) is 3.66. The number of aromatic nitrogens is 1. The number of pyridine rings is 1. The van der Waals surface area contributed by atoms with Crippen LogP contribution in [0.2, 0.25) is 0 Å². The molecular formula is C17H23N3O. The maximum absolute atomic E-state index is 6.12. The molecule has 3 N–H and O–H groups in total. The molecular weight excluding hydrogens is 262 g/mol. The molecule has 1 aromatic carbocycles. The quantitative estimate of drug-likeness (QED) is 0.856. The van der Waals surface area contributed by atoms with Crippen molar-refractivity contribution in [2.75, 3.05) is 19.4 Å². The Morgan fingerprint density at radius 1 is 1.24 bits per heavy atom. The summed E-state index contributed by atoms with van der Waals surface area (Å²) in [4.78, 5) is 4.24. The topological polar surface area (TPSA) is 60.2 Å². The van der Waals surface area contributed by atoms with E-state index in [9.17, 15) is 0 Å². The molecule has 0 spiro atoms. The number of aryl methyl sites for hydroxylation is 1. The van der Waals surface area contributed by atoms with Crippen molar-refractivity contribution in [3.8, 4) is 0 Å². The van der Waals surface area contributed by atoms with Gasteiger partial charge in [0.15, 0.2) is 0 Å². The number of rotatable bonds is 6. The lowest BCUT2D eigenvalue weighted by atomic mass is 9.93. The van der Waals surface area contributed by atoms with Gasteiger partial charge >= 0.3 is 0 Å². The number of hydrogen-bond donors (Lipinski definition) is 2. The Morgan fingerprint density at radius 3 is 2.52 bits per heavy atom. The smallest absolute Gasteiger partial charge is 0.128 e. The van der Waals surface area contributed by atoms with E-state index in [-0.39, 0.29) is 12.1 Å². The van der Waals surface area contributed by atoms with E-state index in [2.05, 4.69) is 36.3 Å². The first-order valence-electron chi connectivity index (χ1n) is 7.21. The van der Waals surface area contributed by atoms with Gasteiger partial charge in [0.1, 0.15) is 11.9 Å². The Labute approximate surface area is 126 Å². The van der Waals surface area contributed by atoms with E-state index in [1.807, 2.05) is 24.3 Å². The van der Waals surface area contributed by atoms with Gasteiger partial charge in [-0.2, -0.15) is 0 Å². The molecule has 0 aliphatic carbocycles. The second kappa shape index (κ2) is 7.20. The van der Waals surface area contributed by atoms with Crippen molar-refractivity contribution in [2.24, 2.45) is 0 Å². The summed E-state index contributed by atoms with van der Waals surface area (Å²) >= 11 is 0. The molecule has 0 aliphatic heterocycles. The Morgan fingerprint density at radius 2 is 1.95 bits per heavy atom. The van der Waals surface area contributed by atoms with Crippen molar-refractivity contribution in [3.05, 3.63) is 59.3 Å². The monoisotopic (exact) mass is 285 g/mol. The minimum absolute atomic E-state index is 0.0314. The number of methoxy groups -OCH3 is 1. The average Bonchev–Trinajstić information content (AvgIpc) is 2.49. The van der Waals surface area contributed by atoms with Crippen LogP contribution in [0, 0.1) is 6.92 Å². The highest BCUT2D eigenvalue weighted by Crippen LogP contribution is 2.35. The molecule has 2 rings (SSSR count). The normalized spacial score (nSPS) is 13.9. The summed E-state index contributed by atoms with van der Waals surface area (Å²) in [5.74, 6) is 0.555. The third kappa shape index (κ3) is 3.40. The lowest BCUT2D eigenvalue weighted by Crippen LogP contribution is -2.29. The van der Waals surface area contributed by atoms with E-state index in [0.717, 1.165) is 23.2 Å². The van der Waals surface area contributed by atoms with Crippen molar-refractivity contribution in [1.29, 1.82) is 0 Å². The first kappa shape index (κ1) is 15.5. The van der Waals surface area contributed by atoms with Crippen molar-refractivity contribution >= 4 is 5.82 Å². The molecule has 2 aromatic rings.